The summed E-state index contributed by atoms with van der Waals surface area (Å²) in [5, 5.41) is 104. The van der Waals surface area contributed by atoms with E-state index < -0.39 is 135 Å². The smallest absolute Gasteiger partial charge is 0.335 e. The summed E-state index contributed by atoms with van der Waals surface area (Å²) in [6, 6.07) is 0. The molecule has 0 aliphatic carbocycles. The van der Waals surface area contributed by atoms with Crippen LogP contribution in [0.1, 0.15) is 0 Å². The Bertz CT molecular complexity index is 1160. The molecule has 20 atom stereocenters. The number of aliphatic hydroxyl groups is 8. The first kappa shape index (κ1) is 39.4. The minimum Gasteiger partial charge on any atom is -0.479 e. The highest BCUT2D eigenvalue weighted by atomic mass is 16.8. The van der Waals surface area contributed by atoms with Crippen LogP contribution in [0.15, 0.2) is 0 Å². The molecule has 4 rings (SSSR count). The van der Waals surface area contributed by atoms with Crippen LogP contribution in [0.3, 0.4) is 0 Å². The van der Waals surface area contributed by atoms with Crippen molar-refractivity contribution in [2.24, 2.45) is 0 Å². The SMILES string of the molecule is COC1OC(C(=O)O)C(OC2OC(C=O)C(OC3OC(C(=O)O)C(OC4OC(C=O)C(OC)C(O)C4O)C(O)C3O)C(O)C2O)C(O)C1O. The lowest BCUT2D eigenvalue weighted by Gasteiger charge is -2.48. The fraction of sp³-hybridized carbons (Fsp3) is 0.846. The summed E-state index contributed by atoms with van der Waals surface area (Å²) in [6.45, 7) is 0. The lowest BCUT2D eigenvalue weighted by molar-refractivity contribution is -0.376. The molecular weight excluding hydrogens is 680 g/mol. The molecular formula is C26H38O23. The molecule has 0 aromatic carbocycles. The Morgan fingerprint density at radius 2 is 0.796 bits per heavy atom. The van der Waals surface area contributed by atoms with Crippen LogP contribution < -0.4 is 0 Å². The second-order valence-corrected chi connectivity index (χ2v) is 11.4. The molecule has 280 valence electrons. The zero-order valence-electron chi connectivity index (χ0n) is 25.5. The quantitative estimate of drug-likeness (QED) is 0.0837. The summed E-state index contributed by atoms with van der Waals surface area (Å²) in [6.07, 6.45) is -39.2. The first-order valence-electron chi connectivity index (χ1n) is 14.6. The van der Waals surface area contributed by atoms with Crippen LogP contribution in [0.4, 0.5) is 0 Å². The van der Waals surface area contributed by atoms with E-state index in [0.717, 1.165) is 14.2 Å². The summed E-state index contributed by atoms with van der Waals surface area (Å²) < 4.78 is 46.7. The third-order valence-electron chi connectivity index (χ3n) is 8.38. The highest BCUT2D eigenvalue weighted by molar-refractivity contribution is 5.74. The van der Waals surface area contributed by atoms with Gasteiger partial charge in [-0.05, 0) is 0 Å². The van der Waals surface area contributed by atoms with E-state index in [-0.39, 0.29) is 12.6 Å². The van der Waals surface area contributed by atoms with Gasteiger partial charge in [-0.25, -0.2) is 9.59 Å². The average molecular weight is 719 g/mol. The van der Waals surface area contributed by atoms with Crippen molar-refractivity contribution in [1.82, 2.24) is 0 Å². The van der Waals surface area contributed by atoms with Gasteiger partial charge in [0.1, 0.15) is 85.5 Å². The molecule has 49 heavy (non-hydrogen) atoms. The zero-order chi connectivity index (χ0) is 36.5. The molecule has 4 aliphatic rings. The van der Waals surface area contributed by atoms with Crippen molar-refractivity contribution in [2.45, 2.75) is 123 Å². The van der Waals surface area contributed by atoms with E-state index in [9.17, 15) is 70.2 Å². The largest absolute Gasteiger partial charge is 0.479 e. The molecule has 0 saturated carbocycles. The minimum absolute atomic E-state index is 0.0183. The number of hydrogen-bond acceptors (Lipinski definition) is 21. The van der Waals surface area contributed by atoms with E-state index in [0.29, 0.717) is 0 Å². The molecule has 4 fully saturated rings. The van der Waals surface area contributed by atoms with Gasteiger partial charge in [0.25, 0.3) is 0 Å². The Morgan fingerprint density at radius 3 is 1.18 bits per heavy atom. The molecule has 0 spiro atoms. The van der Waals surface area contributed by atoms with Gasteiger partial charge in [-0.3, -0.25) is 0 Å². The van der Waals surface area contributed by atoms with Crippen molar-refractivity contribution in [3.05, 3.63) is 0 Å². The number of carbonyl (C=O) groups excluding carboxylic acids is 2. The molecule has 0 radical (unpaired) electrons. The number of rotatable bonds is 12. The Labute approximate surface area is 274 Å². The maximum Gasteiger partial charge on any atom is 0.335 e. The molecule has 0 bridgehead atoms. The number of carbonyl (C=O) groups is 4. The monoisotopic (exact) mass is 718 g/mol. The fourth-order valence-electron chi connectivity index (χ4n) is 5.75. The van der Waals surface area contributed by atoms with Crippen LogP contribution in [0.5, 0.6) is 0 Å². The molecule has 4 aliphatic heterocycles. The summed E-state index contributed by atoms with van der Waals surface area (Å²) in [7, 11) is 2.17. The third kappa shape index (κ3) is 7.77. The first-order valence-corrected chi connectivity index (χ1v) is 14.6. The van der Waals surface area contributed by atoms with Gasteiger partial charge in [-0.15, -0.1) is 0 Å². The first-order chi connectivity index (χ1) is 23.1. The average Bonchev–Trinajstić information content (AvgIpc) is 3.07. The number of carboxylic acids is 2. The molecule has 0 aromatic heterocycles. The van der Waals surface area contributed by atoms with E-state index in [1.54, 1.807) is 0 Å². The van der Waals surface area contributed by atoms with Gasteiger partial charge in [0, 0.05) is 14.2 Å². The van der Waals surface area contributed by atoms with Crippen LogP contribution in [0.2, 0.25) is 0 Å². The van der Waals surface area contributed by atoms with E-state index >= 15 is 0 Å². The molecule has 0 amide bonds. The van der Waals surface area contributed by atoms with Crippen molar-refractivity contribution in [3.63, 3.8) is 0 Å². The standard InChI is InChI=1S/C26H38O23/c1-41-15-5(3-27)43-24(12(34)7(15)29)47-18-10(32)14(36)26(49-20(18)22(39)40)45-16-6(4-28)44-25(13(35)8(16)30)46-17-9(31)11(33)23(42-2)48-19(17)21(37)38/h3-20,23-26,29-36H,1-2H3,(H,37,38)(H,39,40). The summed E-state index contributed by atoms with van der Waals surface area (Å²) >= 11 is 0. The highest BCUT2D eigenvalue weighted by Gasteiger charge is 2.57. The zero-order valence-corrected chi connectivity index (χ0v) is 25.5. The number of carboxylic acid groups (broad SMARTS) is 2. The maximum atomic E-state index is 12.1. The second kappa shape index (κ2) is 16.3. The van der Waals surface area contributed by atoms with Crippen molar-refractivity contribution < 1.29 is 113 Å². The van der Waals surface area contributed by atoms with Crippen LogP contribution in [-0.2, 0) is 61.8 Å². The number of hydrogen-bond donors (Lipinski definition) is 10. The predicted octanol–water partition coefficient (Wildman–Crippen LogP) is -7.84. The molecule has 4 heterocycles. The van der Waals surface area contributed by atoms with Crippen LogP contribution in [0, 0.1) is 0 Å². The van der Waals surface area contributed by atoms with E-state index in [2.05, 4.69) is 0 Å². The van der Waals surface area contributed by atoms with E-state index in [1.807, 2.05) is 0 Å². The molecule has 10 N–H and O–H groups in total. The number of aliphatic carboxylic acids is 2. The maximum absolute atomic E-state index is 12.1. The van der Waals surface area contributed by atoms with Crippen LogP contribution in [0.25, 0.3) is 0 Å². The van der Waals surface area contributed by atoms with Gasteiger partial charge in [-0.2, -0.15) is 0 Å². The van der Waals surface area contributed by atoms with Gasteiger partial charge in [-0.1, -0.05) is 0 Å². The molecule has 23 nitrogen and oxygen atoms in total. The molecule has 4 saturated heterocycles. The van der Waals surface area contributed by atoms with Crippen molar-refractivity contribution in [2.75, 3.05) is 14.2 Å². The molecule has 0 aromatic rings. The summed E-state index contributed by atoms with van der Waals surface area (Å²) in [4.78, 5) is 47.3. The summed E-state index contributed by atoms with van der Waals surface area (Å²) in [5.74, 6) is -3.53. The Hall–Kier alpha value is -2.40. The van der Waals surface area contributed by atoms with Crippen molar-refractivity contribution >= 4 is 24.5 Å². The minimum atomic E-state index is -2.25. The van der Waals surface area contributed by atoms with E-state index in [4.69, 9.17) is 42.6 Å². The van der Waals surface area contributed by atoms with Gasteiger partial charge in [0.15, 0.2) is 49.9 Å². The predicted molar refractivity (Wildman–Crippen MR) is 143 cm³/mol. The Kier molecular flexibility index (Phi) is 13.1. The Balaban J connectivity index is 1.48. The number of methoxy groups -OCH3 is 2. The number of aldehydes is 2. The second-order valence-electron chi connectivity index (χ2n) is 11.4. The number of ether oxygens (including phenoxy) is 9. The van der Waals surface area contributed by atoms with Crippen LogP contribution in [-0.4, -0.2) is 213 Å². The number of aliphatic hydroxyl groups excluding tert-OH is 8. The lowest BCUT2D eigenvalue weighted by Crippen LogP contribution is -2.68. The summed E-state index contributed by atoms with van der Waals surface area (Å²) in [5.41, 5.74) is 0. The van der Waals surface area contributed by atoms with Crippen LogP contribution >= 0.6 is 0 Å². The molecule has 23 heteroatoms. The van der Waals surface area contributed by atoms with Crippen molar-refractivity contribution in [1.29, 1.82) is 0 Å². The Morgan fingerprint density at radius 1 is 0.469 bits per heavy atom. The molecule has 20 unspecified atom stereocenters. The highest BCUT2D eigenvalue weighted by Crippen LogP contribution is 2.34. The topological polar surface area (TPSA) is 354 Å². The van der Waals surface area contributed by atoms with Gasteiger partial charge < -0.3 is 103 Å². The fourth-order valence-corrected chi connectivity index (χ4v) is 5.75. The normalized spacial score (nSPS) is 49.2. The van der Waals surface area contributed by atoms with E-state index in [1.165, 1.54) is 0 Å². The van der Waals surface area contributed by atoms with Gasteiger partial charge >= 0.3 is 11.9 Å². The van der Waals surface area contributed by atoms with Crippen molar-refractivity contribution in [3.8, 4) is 0 Å². The lowest BCUT2D eigenvalue weighted by atomic mass is 9.95. The van der Waals surface area contributed by atoms with Gasteiger partial charge in [0.2, 0.25) is 0 Å². The van der Waals surface area contributed by atoms with Gasteiger partial charge in [0.05, 0.1) is 0 Å². The third-order valence-corrected chi connectivity index (χ3v) is 8.38.